The molecule has 0 fully saturated rings. The average Bonchev–Trinajstić information content (AvgIpc) is 3.01. The van der Waals surface area contributed by atoms with Gasteiger partial charge in [0.2, 0.25) is 5.88 Å². The van der Waals surface area contributed by atoms with Crippen molar-refractivity contribution in [3.05, 3.63) is 29.5 Å². The first-order chi connectivity index (χ1) is 9.24. The van der Waals surface area contributed by atoms with Gasteiger partial charge in [0.05, 0.1) is 30.5 Å². The molecule has 0 aliphatic heterocycles. The number of ether oxygens (including phenoxy) is 2. The standard InChI is InChI=1S/C13H12ClN3O2/c1-18-11-8(6-16-13(11)19-2)10-5-7-9(14)3-4-15-12(7)17-10/h3-6,16H,1-2H3,(H,15,17). The number of hydrogen-bond donors (Lipinski definition) is 2. The highest BCUT2D eigenvalue weighted by Gasteiger charge is 2.16. The smallest absolute Gasteiger partial charge is 0.235 e. The second kappa shape index (κ2) is 4.51. The molecule has 0 aromatic carbocycles. The molecule has 0 saturated carbocycles. The molecule has 6 heteroatoms. The first-order valence-electron chi connectivity index (χ1n) is 5.67. The van der Waals surface area contributed by atoms with Crippen LogP contribution in [0.3, 0.4) is 0 Å². The fraction of sp³-hybridized carbons (Fsp3) is 0.154. The van der Waals surface area contributed by atoms with Gasteiger partial charge in [-0.05, 0) is 12.1 Å². The molecule has 0 spiro atoms. The van der Waals surface area contributed by atoms with Crippen molar-refractivity contribution in [3.8, 4) is 22.9 Å². The molecular formula is C13H12ClN3O2. The minimum atomic E-state index is 0.579. The molecule has 0 amide bonds. The van der Waals surface area contributed by atoms with Gasteiger partial charge in [-0.25, -0.2) is 4.98 Å². The summed E-state index contributed by atoms with van der Waals surface area (Å²) in [5.74, 6) is 1.22. The molecule has 0 saturated heterocycles. The third-order valence-electron chi connectivity index (χ3n) is 2.98. The zero-order valence-corrected chi connectivity index (χ0v) is 11.2. The lowest BCUT2D eigenvalue weighted by molar-refractivity contribution is 0.349. The fourth-order valence-electron chi connectivity index (χ4n) is 2.09. The summed E-state index contributed by atoms with van der Waals surface area (Å²) in [6.07, 6.45) is 3.48. The van der Waals surface area contributed by atoms with Crippen LogP contribution in [-0.4, -0.2) is 29.2 Å². The summed E-state index contributed by atoms with van der Waals surface area (Å²) in [4.78, 5) is 10.5. The molecule has 98 valence electrons. The van der Waals surface area contributed by atoms with Crippen molar-refractivity contribution in [1.29, 1.82) is 0 Å². The van der Waals surface area contributed by atoms with Crippen molar-refractivity contribution in [1.82, 2.24) is 15.0 Å². The van der Waals surface area contributed by atoms with Gasteiger partial charge in [0.1, 0.15) is 5.65 Å². The molecule has 3 rings (SSSR count). The third kappa shape index (κ3) is 1.82. The number of fused-ring (bicyclic) bond motifs is 1. The number of methoxy groups -OCH3 is 2. The molecule has 3 aromatic heterocycles. The molecule has 19 heavy (non-hydrogen) atoms. The van der Waals surface area contributed by atoms with E-state index in [9.17, 15) is 0 Å². The monoisotopic (exact) mass is 277 g/mol. The van der Waals surface area contributed by atoms with Crippen LogP contribution in [0, 0.1) is 0 Å². The molecular weight excluding hydrogens is 266 g/mol. The van der Waals surface area contributed by atoms with Crippen molar-refractivity contribution >= 4 is 22.6 Å². The summed E-state index contributed by atoms with van der Waals surface area (Å²) >= 11 is 6.14. The van der Waals surface area contributed by atoms with Crippen molar-refractivity contribution in [2.75, 3.05) is 14.2 Å². The van der Waals surface area contributed by atoms with Gasteiger partial charge in [0.15, 0.2) is 5.75 Å². The van der Waals surface area contributed by atoms with E-state index in [1.807, 2.05) is 12.3 Å². The second-order valence-electron chi connectivity index (χ2n) is 4.01. The number of hydrogen-bond acceptors (Lipinski definition) is 3. The zero-order chi connectivity index (χ0) is 13.4. The molecule has 0 bridgehead atoms. The highest BCUT2D eigenvalue weighted by atomic mass is 35.5. The molecule has 0 atom stereocenters. The lowest BCUT2D eigenvalue weighted by Gasteiger charge is -2.03. The van der Waals surface area contributed by atoms with Crippen molar-refractivity contribution < 1.29 is 9.47 Å². The lowest BCUT2D eigenvalue weighted by Crippen LogP contribution is -1.88. The molecule has 5 nitrogen and oxygen atoms in total. The normalized spacial score (nSPS) is 10.9. The molecule has 3 heterocycles. The number of halogens is 1. The van der Waals surface area contributed by atoms with Crippen LogP contribution in [0.15, 0.2) is 24.5 Å². The van der Waals surface area contributed by atoms with Crippen LogP contribution >= 0.6 is 11.6 Å². The minimum absolute atomic E-state index is 0.579. The average molecular weight is 278 g/mol. The van der Waals surface area contributed by atoms with Gasteiger partial charge >= 0.3 is 0 Å². The number of nitrogens with zero attached hydrogens (tertiary/aromatic N) is 1. The molecule has 0 unspecified atom stereocenters. The fourth-order valence-corrected chi connectivity index (χ4v) is 2.29. The summed E-state index contributed by atoms with van der Waals surface area (Å²) in [7, 11) is 3.19. The maximum atomic E-state index is 6.14. The van der Waals surface area contributed by atoms with E-state index in [-0.39, 0.29) is 0 Å². The Labute approximate surface area is 114 Å². The topological polar surface area (TPSA) is 62.9 Å². The van der Waals surface area contributed by atoms with E-state index < -0.39 is 0 Å². The lowest BCUT2D eigenvalue weighted by atomic mass is 10.2. The van der Waals surface area contributed by atoms with Crippen LogP contribution in [0.25, 0.3) is 22.3 Å². The van der Waals surface area contributed by atoms with Gasteiger partial charge in [-0.1, -0.05) is 11.6 Å². The SMILES string of the molecule is COc1[nH]cc(-c2cc3c(Cl)ccnc3[nH]2)c1OC. The van der Waals surface area contributed by atoms with Crippen molar-refractivity contribution in [3.63, 3.8) is 0 Å². The Morgan fingerprint density at radius 2 is 2.11 bits per heavy atom. The third-order valence-corrected chi connectivity index (χ3v) is 3.31. The zero-order valence-electron chi connectivity index (χ0n) is 10.5. The number of aromatic nitrogens is 3. The van der Waals surface area contributed by atoms with Crippen LogP contribution in [0.5, 0.6) is 11.6 Å². The van der Waals surface area contributed by atoms with E-state index in [1.54, 1.807) is 26.5 Å². The Morgan fingerprint density at radius 1 is 1.26 bits per heavy atom. The Kier molecular flexibility index (Phi) is 2.83. The van der Waals surface area contributed by atoms with Gasteiger partial charge in [0.25, 0.3) is 0 Å². The highest BCUT2D eigenvalue weighted by molar-refractivity contribution is 6.35. The van der Waals surface area contributed by atoms with E-state index in [0.717, 1.165) is 22.3 Å². The Balaban J connectivity index is 2.19. The van der Waals surface area contributed by atoms with Gasteiger partial charge in [-0.3, -0.25) is 0 Å². The quantitative estimate of drug-likeness (QED) is 0.772. The van der Waals surface area contributed by atoms with E-state index >= 15 is 0 Å². The first kappa shape index (κ1) is 11.9. The van der Waals surface area contributed by atoms with Crippen LogP contribution in [-0.2, 0) is 0 Å². The van der Waals surface area contributed by atoms with E-state index in [1.165, 1.54) is 0 Å². The molecule has 0 aliphatic rings. The van der Waals surface area contributed by atoms with Gasteiger partial charge < -0.3 is 19.4 Å². The Morgan fingerprint density at radius 3 is 2.79 bits per heavy atom. The van der Waals surface area contributed by atoms with E-state index in [2.05, 4.69) is 15.0 Å². The number of aromatic amines is 2. The van der Waals surface area contributed by atoms with Crippen LogP contribution < -0.4 is 9.47 Å². The van der Waals surface area contributed by atoms with Crippen molar-refractivity contribution in [2.45, 2.75) is 0 Å². The number of pyridine rings is 1. The van der Waals surface area contributed by atoms with Crippen LogP contribution in [0.4, 0.5) is 0 Å². The predicted molar refractivity (Wildman–Crippen MR) is 74.0 cm³/mol. The number of rotatable bonds is 3. The van der Waals surface area contributed by atoms with E-state index in [4.69, 9.17) is 21.1 Å². The predicted octanol–water partition coefficient (Wildman–Crippen LogP) is 3.23. The molecule has 0 aliphatic carbocycles. The maximum absolute atomic E-state index is 6.14. The molecule has 3 aromatic rings. The second-order valence-corrected chi connectivity index (χ2v) is 4.41. The summed E-state index contributed by atoms with van der Waals surface area (Å²) < 4.78 is 10.6. The van der Waals surface area contributed by atoms with Gasteiger partial charge in [0, 0.05) is 17.8 Å². The number of H-pyrrole nitrogens is 2. The van der Waals surface area contributed by atoms with Crippen LogP contribution in [0.1, 0.15) is 0 Å². The minimum Gasteiger partial charge on any atom is -0.491 e. The summed E-state index contributed by atoms with van der Waals surface area (Å²) in [5, 5.41) is 1.54. The Bertz CT molecular complexity index is 733. The molecule has 2 N–H and O–H groups in total. The number of nitrogens with one attached hydrogen (secondary N) is 2. The maximum Gasteiger partial charge on any atom is 0.235 e. The van der Waals surface area contributed by atoms with Crippen molar-refractivity contribution in [2.24, 2.45) is 0 Å². The van der Waals surface area contributed by atoms with Crippen LogP contribution in [0.2, 0.25) is 5.02 Å². The summed E-state index contributed by atoms with van der Waals surface area (Å²) in [5.41, 5.74) is 2.48. The van der Waals surface area contributed by atoms with Gasteiger partial charge in [-0.2, -0.15) is 0 Å². The molecule has 0 radical (unpaired) electrons. The summed E-state index contributed by atoms with van der Waals surface area (Å²) in [6.45, 7) is 0. The van der Waals surface area contributed by atoms with Gasteiger partial charge in [-0.15, -0.1) is 0 Å². The first-order valence-corrected chi connectivity index (χ1v) is 6.05. The highest BCUT2D eigenvalue weighted by Crippen LogP contribution is 2.38. The largest absolute Gasteiger partial charge is 0.491 e. The van der Waals surface area contributed by atoms with E-state index in [0.29, 0.717) is 16.7 Å². The summed E-state index contributed by atoms with van der Waals surface area (Å²) in [6, 6.07) is 3.70. The Hall–Kier alpha value is -2.14.